The van der Waals surface area contributed by atoms with Gasteiger partial charge in [-0.1, -0.05) is 12.1 Å². The Bertz CT molecular complexity index is 608. The first-order valence-corrected chi connectivity index (χ1v) is 5.95. The van der Waals surface area contributed by atoms with E-state index in [-0.39, 0.29) is 18.3 Å². The zero-order valence-corrected chi connectivity index (χ0v) is 10.6. The van der Waals surface area contributed by atoms with Gasteiger partial charge in [0.1, 0.15) is 17.8 Å². The molecule has 0 aliphatic rings. The molecule has 0 unspecified atom stereocenters. The molecule has 0 atom stereocenters. The van der Waals surface area contributed by atoms with Gasteiger partial charge < -0.3 is 15.2 Å². The van der Waals surface area contributed by atoms with Crippen LogP contribution in [0.15, 0.2) is 48.5 Å². The molecule has 1 amide bonds. The van der Waals surface area contributed by atoms with E-state index in [2.05, 4.69) is 5.32 Å². The minimum absolute atomic E-state index is 0.00353. The molecule has 2 N–H and O–H groups in total. The van der Waals surface area contributed by atoms with Crippen molar-refractivity contribution < 1.29 is 19.4 Å². The van der Waals surface area contributed by atoms with Crippen molar-refractivity contribution in [3.8, 4) is 11.5 Å². The van der Waals surface area contributed by atoms with Gasteiger partial charge in [0, 0.05) is 5.56 Å². The second-order valence-electron chi connectivity index (χ2n) is 4.04. The number of aromatic hydroxyl groups is 1. The van der Waals surface area contributed by atoms with Gasteiger partial charge in [-0.3, -0.25) is 9.59 Å². The normalized spacial score (nSPS) is 9.80. The Morgan fingerprint density at radius 3 is 2.50 bits per heavy atom. The van der Waals surface area contributed by atoms with Gasteiger partial charge in [-0.05, 0) is 36.4 Å². The third kappa shape index (κ3) is 3.58. The number of para-hydroxylation sites is 2. The Hall–Kier alpha value is -2.82. The summed E-state index contributed by atoms with van der Waals surface area (Å²) in [6.45, 7) is -0.186. The summed E-state index contributed by atoms with van der Waals surface area (Å²) in [5.41, 5.74) is 0.869. The fraction of sp³-hybridized carbons (Fsp3) is 0.0667. The predicted octanol–water partition coefficient (Wildman–Crippen LogP) is 2.22. The van der Waals surface area contributed by atoms with Gasteiger partial charge in [0.05, 0.1) is 5.69 Å². The van der Waals surface area contributed by atoms with E-state index in [9.17, 15) is 14.7 Å². The van der Waals surface area contributed by atoms with E-state index in [0.29, 0.717) is 17.0 Å². The molecule has 0 aliphatic carbocycles. The molecule has 5 nitrogen and oxygen atoms in total. The molecule has 0 heterocycles. The second kappa shape index (κ2) is 6.38. The third-order valence-corrected chi connectivity index (χ3v) is 2.56. The van der Waals surface area contributed by atoms with Crippen LogP contribution in [0.25, 0.3) is 0 Å². The van der Waals surface area contributed by atoms with Crippen molar-refractivity contribution in [2.24, 2.45) is 0 Å². The first-order valence-electron chi connectivity index (χ1n) is 5.95. The van der Waals surface area contributed by atoms with Crippen LogP contribution in [-0.2, 0) is 4.79 Å². The summed E-state index contributed by atoms with van der Waals surface area (Å²) < 4.78 is 5.27. The molecule has 0 fully saturated rings. The molecule has 0 aromatic heterocycles. The SMILES string of the molecule is O=Cc1ccc(OCC(=O)Nc2ccccc2O)cc1. The summed E-state index contributed by atoms with van der Waals surface area (Å²) >= 11 is 0. The summed E-state index contributed by atoms with van der Waals surface area (Å²) in [6.07, 6.45) is 0.731. The van der Waals surface area contributed by atoms with Crippen molar-refractivity contribution >= 4 is 17.9 Å². The highest BCUT2D eigenvalue weighted by Gasteiger charge is 2.06. The summed E-state index contributed by atoms with van der Waals surface area (Å²) in [7, 11) is 0. The monoisotopic (exact) mass is 271 g/mol. The van der Waals surface area contributed by atoms with Crippen molar-refractivity contribution in [2.75, 3.05) is 11.9 Å². The molecule has 2 aromatic carbocycles. The number of carbonyl (C=O) groups excluding carboxylic acids is 2. The van der Waals surface area contributed by atoms with Crippen LogP contribution in [0, 0.1) is 0 Å². The van der Waals surface area contributed by atoms with Crippen molar-refractivity contribution in [3.63, 3.8) is 0 Å². The lowest BCUT2D eigenvalue weighted by atomic mass is 10.2. The van der Waals surface area contributed by atoms with Gasteiger partial charge in [-0.2, -0.15) is 0 Å². The molecule has 0 aliphatic heterocycles. The van der Waals surface area contributed by atoms with E-state index < -0.39 is 0 Å². The molecule has 0 spiro atoms. The van der Waals surface area contributed by atoms with Gasteiger partial charge in [0.15, 0.2) is 6.61 Å². The van der Waals surface area contributed by atoms with E-state index in [1.807, 2.05) is 0 Å². The number of phenols is 1. The maximum atomic E-state index is 11.7. The van der Waals surface area contributed by atoms with Gasteiger partial charge in [0.2, 0.25) is 0 Å². The zero-order valence-electron chi connectivity index (χ0n) is 10.6. The van der Waals surface area contributed by atoms with E-state index in [4.69, 9.17) is 4.74 Å². The fourth-order valence-electron chi connectivity index (χ4n) is 1.56. The minimum atomic E-state index is -0.383. The molecule has 2 aromatic rings. The van der Waals surface area contributed by atoms with Crippen LogP contribution in [0.5, 0.6) is 11.5 Å². The summed E-state index contributed by atoms with van der Waals surface area (Å²) in [5.74, 6) is 0.102. The van der Waals surface area contributed by atoms with Crippen LogP contribution >= 0.6 is 0 Å². The number of carbonyl (C=O) groups is 2. The highest BCUT2D eigenvalue weighted by molar-refractivity contribution is 5.93. The van der Waals surface area contributed by atoms with Crippen molar-refractivity contribution in [3.05, 3.63) is 54.1 Å². The van der Waals surface area contributed by atoms with Crippen molar-refractivity contribution in [2.45, 2.75) is 0 Å². The quantitative estimate of drug-likeness (QED) is 0.646. The molecule has 0 saturated heterocycles. The van der Waals surface area contributed by atoms with E-state index in [1.54, 1.807) is 42.5 Å². The minimum Gasteiger partial charge on any atom is -0.506 e. The number of benzene rings is 2. The number of ether oxygens (including phenoxy) is 1. The lowest BCUT2D eigenvalue weighted by molar-refractivity contribution is -0.118. The number of aldehydes is 1. The highest BCUT2D eigenvalue weighted by Crippen LogP contribution is 2.21. The molecule has 2 rings (SSSR count). The molecule has 5 heteroatoms. The molecule has 0 radical (unpaired) electrons. The Kier molecular flexibility index (Phi) is 4.34. The van der Waals surface area contributed by atoms with Crippen LogP contribution in [0.2, 0.25) is 0 Å². The molecule has 20 heavy (non-hydrogen) atoms. The predicted molar refractivity (Wildman–Crippen MR) is 74.1 cm³/mol. The van der Waals surface area contributed by atoms with E-state index >= 15 is 0 Å². The maximum Gasteiger partial charge on any atom is 0.262 e. The van der Waals surface area contributed by atoms with E-state index in [1.165, 1.54) is 6.07 Å². The van der Waals surface area contributed by atoms with Crippen LogP contribution in [0.4, 0.5) is 5.69 Å². The molecular weight excluding hydrogens is 258 g/mol. The Labute approximate surface area is 115 Å². The Morgan fingerprint density at radius 1 is 1.15 bits per heavy atom. The molecular formula is C15H13NO4. The van der Waals surface area contributed by atoms with E-state index in [0.717, 1.165) is 6.29 Å². The average molecular weight is 271 g/mol. The Morgan fingerprint density at radius 2 is 1.85 bits per heavy atom. The number of amides is 1. The molecule has 102 valence electrons. The van der Waals surface area contributed by atoms with Crippen molar-refractivity contribution in [1.29, 1.82) is 0 Å². The number of hydrogen-bond acceptors (Lipinski definition) is 4. The average Bonchev–Trinajstić information content (AvgIpc) is 2.48. The van der Waals surface area contributed by atoms with Gasteiger partial charge in [-0.25, -0.2) is 0 Å². The molecule has 0 saturated carbocycles. The van der Waals surface area contributed by atoms with Gasteiger partial charge in [-0.15, -0.1) is 0 Å². The summed E-state index contributed by atoms with van der Waals surface area (Å²) in [6, 6.07) is 12.9. The largest absolute Gasteiger partial charge is 0.506 e. The van der Waals surface area contributed by atoms with Gasteiger partial charge in [0.25, 0.3) is 5.91 Å². The number of nitrogens with one attached hydrogen (secondary N) is 1. The van der Waals surface area contributed by atoms with Crippen LogP contribution in [-0.4, -0.2) is 23.9 Å². The zero-order chi connectivity index (χ0) is 14.4. The molecule has 0 bridgehead atoms. The van der Waals surface area contributed by atoms with Crippen molar-refractivity contribution in [1.82, 2.24) is 0 Å². The number of phenolic OH excluding ortho intramolecular Hbond substituents is 1. The smallest absolute Gasteiger partial charge is 0.262 e. The lowest BCUT2D eigenvalue weighted by Gasteiger charge is -2.08. The first-order chi connectivity index (χ1) is 9.69. The number of hydrogen-bond donors (Lipinski definition) is 2. The van der Waals surface area contributed by atoms with Crippen LogP contribution < -0.4 is 10.1 Å². The lowest BCUT2D eigenvalue weighted by Crippen LogP contribution is -2.20. The van der Waals surface area contributed by atoms with Crippen LogP contribution in [0.1, 0.15) is 10.4 Å². The number of rotatable bonds is 5. The first kappa shape index (κ1) is 13.6. The standard InChI is InChI=1S/C15H13NO4/c17-9-11-5-7-12(8-6-11)20-10-15(19)16-13-3-1-2-4-14(13)18/h1-9,18H,10H2,(H,16,19). The third-order valence-electron chi connectivity index (χ3n) is 2.56. The second-order valence-corrected chi connectivity index (χ2v) is 4.04. The fourth-order valence-corrected chi connectivity index (χ4v) is 1.56. The Balaban J connectivity index is 1.88. The maximum absolute atomic E-state index is 11.7. The van der Waals surface area contributed by atoms with Gasteiger partial charge >= 0.3 is 0 Å². The summed E-state index contributed by atoms with van der Waals surface area (Å²) in [5, 5.41) is 12.0. The number of anilines is 1. The summed E-state index contributed by atoms with van der Waals surface area (Å²) in [4.78, 5) is 22.1. The van der Waals surface area contributed by atoms with Crippen LogP contribution in [0.3, 0.4) is 0 Å². The highest BCUT2D eigenvalue weighted by atomic mass is 16.5. The topological polar surface area (TPSA) is 75.6 Å².